The van der Waals surface area contributed by atoms with Crippen molar-refractivity contribution >= 4 is 32.6 Å². The fourth-order valence-electron chi connectivity index (χ4n) is 5.16. The first-order valence-electron chi connectivity index (χ1n) is 11.9. The third-order valence-corrected chi connectivity index (χ3v) is 8.62. The van der Waals surface area contributed by atoms with E-state index in [0.717, 1.165) is 23.5 Å². The maximum atomic E-state index is 14.0. The lowest BCUT2D eigenvalue weighted by Gasteiger charge is -2.36. The summed E-state index contributed by atoms with van der Waals surface area (Å²) >= 11 is 0. The number of aromatic nitrogens is 3. The first-order chi connectivity index (χ1) is 17.4. The van der Waals surface area contributed by atoms with Crippen LogP contribution in [-0.4, -0.2) is 54.8 Å². The van der Waals surface area contributed by atoms with E-state index in [1.54, 1.807) is 0 Å². The molecule has 9 nitrogen and oxygen atoms in total. The average molecular weight is 534 g/mol. The van der Waals surface area contributed by atoms with Gasteiger partial charge in [-0.3, -0.25) is 4.31 Å². The zero-order chi connectivity index (χ0) is 26.6. The summed E-state index contributed by atoms with van der Waals surface area (Å²) in [5.74, 6) is 0.00575. The number of nitriles is 1. The van der Waals surface area contributed by atoms with Crippen molar-refractivity contribution in [3.63, 3.8) is 0 Å². The molecule has 3 N–H and O–H groups in total. The first-order valence-corrected chi connectivity index (χ1v) is 13.5. The van der Waals surface area contributed by atoms with Crippen LogP contribution in [0.15, 0.2) is 24.5 Å². The van der Waals surface area contributed by atoms with Gasteiger partial charge in [0, 0.05) is 49.0 Å². The largest absolute Gasteiger partial charge is 0.419 e. The summed E-state index contributed by atoms with van der Waals surface area (Å²) in [6, 6.07) is 4.86. The molecule has 0 bridgehead atoms. The van der Waals surface area contributed by atoms with Crippen molar-refractivity contribution in [3.05, 3.63) is 35.7 Å². The maximum absolute atomic E-state index is 14.0. The lowest BCUT2D eigenvalue weighted by Crippen LogP contribution is -2.47. The van der Waals surface area contributed by atoms with Gasteiger partial charge in [0.1, 0.15) is 11.6 Å². The van der Waals surface area contributed by atoms with Crippen LogP contribution in [0.1, 0.15) is 37.8 Å². The molecule has 13 heteroatoms. The molecule has 0 saturated carbocycles. The molecule has 5 rings (SSSR count). The number of nitrogens with zero attached hydrogens (tertiary/aromatic N) is 4. The minimum atomic E-state index is -4.72. The molecular weight excluding hydrogens is 507 g/mol. The Morgan fingerprint density at radius 2 is 2.08 bits per heavy atom. The van der Waals surface area contributed by atoms with Crippen LogP contribution < -0.4 is 14.9 Å². The van der Waals surface area contributed by atoms with E-state index in [-0.39, 0.29) is 57.7 Å². The summed E-state index contributed by atoms with van der Waals surface area (Å²) in [5, 5.41) is 16.4. The molecule has 0 radical (unpaired) electrons. The van der Waals surface area contributed by atoms with Gasteiger partial charge in [-0.2, -0.15) is 18.4 Å². The molecule has 2 aliphatic heterocycles. The summed E-state index contributed by atoms with van der Waals surface area (Å²) in [6.45, 7) is 5.85. The number of aromatic amines is 1. The van der Waals surface area contributed by atoms with Gasteiger partial charge in [-0.1, -0.05) is 19.9 Å². The van der Waals surface area contributed by atoms with E-state index in [0.29, 0.717) is 18.4 Å². The number of rotatable bonds is 4. The Bertz CT molecular complexity index is 1510. The topological polar surface area (TPSA) is 127 Å². The second kappa shape index (κ2) is 8.88. The van der Waals surface area contributed by atoms with Crippen LogP contribution in [0, 0.1) is 16.7 Å². The smallest absolute Gasteiger partial charge is 0.359 e. The SMILES string of the molecule is CC1(C)CNC[C@@H](Nc2ncc(C(F)(F)F)c(-c3c[nH]c4c(N5CCCS5(=O)=O)c(C#N)ccc34)n2)C1. The maximum Gasteiger partial charge on any atom is 0.419 e. The zero-order valence-corrected chi connectivity index (χ0v) is 21.1. The molecule has 0 aliphatic carbocycles. The fourth-order valence-corrected chi connectivity index (χ4v) is 6.75. The molecule has 2 aliphatic rings. The molecule has 2 fully saturated rings. The van der Waals surface area contributed by atoms with Crippen LogP contribution in [0.5, 0.6) is 0 Å². The van der Waals surface area contributed by atoms with E-state index in [1.165, 1.54) is 18.3 Å². The number of anilines is 2. The van der Waals surface area contributed by atoms with Gasteiger partial charge < -0.3 is 15.6 Å². The fraction of sp³-hybridized carbons (Fsp3) is 0.458. The van der Waals surface area contributed by atoms with Gasteiger partial charge in [-0.05, 0) is 24.3 Å². The number of alkyl halides is 3. The number of hydrogen-bond donors (Lipinski definition) is 3. The highest BCUT2D eigenvalue weighted by Crippen LogP contribution is 2.42. The van der Waals surface area contributed by atoms with E-state index in [1.807, 2.05) is 6.07 Å². The minimum Gasteiger partial charge on any atom is -0.359 e. The van der Waals surface area contributed by atoms with Gasteiger partial charge in [0.2, 0.25) is 16.0 Å². The van der Waals surface area contributed by atoms with Crippen molar-refractivity contribution in [1.29, 1.82) is 5.26 Å². The molecule has 0 unspecified atom stereocenters. The number of piperidine rings is 1. The predicted molar refractivity (Wildman–Crippen MR) is 133 cm³/mol. The first kappa shape index (κ1) is 25.3. The molecule has 0 spiro atoms. The molecule has 196 valence electrons. The van der Waals surface area contributed by atoms with E-state index in [4.69, 9.17) is 0 Å². The molecule has 37 heavy (non-hydrogen) atoms. The van der Waals surface area contributed by atoms with E-state index < -0.39 is 21.8 Å². The third-order valence-electron chi connectivity index (χ3n) is 6.77. The van der Waals surface area contributed by atoms with Crippen LogP contribution in [0.4, 0.5) is 24.8 Å². The van der Waals surface area contributed by atoms with E-state index >= 15 is 0 Å². The third kappa shape index (κ3) is 4.71. The van der Waals surface area contributed by atoms with Crippen LogP contribution in [0.25, 0.3) is 22.2 Å². The van der Waals surface area contributed by atoms with Gasteiger partial charge in [0.05, 0.1) is 28.2 Å². The number of nitrogens with one attached hydrogen (secondary N) is 3. The lowest BCUT2D eigenvalue weighted by molar-refractivity contribution is -0.137. The van der Waals surface area contributed by atoms with Crippen LogP contribution in [0.3, 0.4) is 0 Å². The zero-order valence-electron chi connectivity index (χ0n) is 20.3. The van der Waals surface area contributed by atoms with Gasteiger partial charge in [0.25, 0.3) is 0 Å². The van der Waals surface area contributed by atoms with Gasteiger partial charge in [-0.15, -0.1) is 0 Å². The van der Waals surface area contributed by atoms with Gasteiger partial charge >= 0.3 is 6.18 Å². The second-order valence-electron chi connectivity index (χ2n) is 10.2. The molecule has 3 aromatic rings. The van der Waals surface area contributed by atoms with Crippen molar-refractivity contribution < 1.29 is 21.6 Å². The Kier molecular flexibility index (Phi) is 6.07. The van der Waals surface area contributed by atoms with E-state index in [2.05, 4.69) is 39.4 Å². The summed E-state index contributed by atoms with van der Waals surface area (Å²) in [6.07, 6.45) is -1.41. The molecule has 0 amide bonds. The highest BCUT2D eigenvalue weighted by molar-refractivity contribution is 7.93. The number of halogens is 3. The number of H-pyrrole nitrogens is 1. The number of sulfonamides is 1. The molecule has 1 aromatic carbocycles. The summed E-state index contributed by atoms with van der Waals surface area (Å²) in [5.41, 5.74) is -0.692. The quantitative estimate of drug-likeness (QED) is 0.465. The normalized spacial score (nSPS) is 21.2. The standard InChI is InChI=1S/C24H26F3N7O2S/c1-23(2)8-15(10-29-13-23)32-22-31-12-18(24(25,26)27)19(33-22)17-11-30-20-16(17)5-4-14(9-28)21(20)34-6-3-7-37(34,35)36/h4-5,11-12,15,29-30H,3,6-8,10,13H2,1-2H3,(H,31,32,33)/t15-/m0/s1. The summed E-state index contributed by atoms with van der Waals surface area (Å²) in [4.78, 5) is 11.2. The molecule has 2 aromatic heterocycles. The molecule has 1 atom stereocenters. The number of hydrogen-bond acceptors (Lipinski definition) is 7. The van der Waals surface area contributed by atoms with Crippen molar-refractivity contribution in [2.24, 2.45) is 5.41 Å². The van der Waals surface area contributed by atoms with Crippen molar-refractivity contribution in [2.45, 2.75) is 38.9 Å². The predicted octanol–water partition coefficient (Wildman–Crippen LogP) is 3.86. The Balaban J connectivity index is 1.63. The Labute approximate surface area is 212 Å². The van der Waals surface area contributed by atoms with Crippen LogP contribution >= 0.6 is 0 Å². The second-order valence-corrected chi connectivity index (χ2v) is 12.2. The summed E-state index contributed by atoms with van der Waals surface area (Å²) in [7, 11) is -3.64. The Hall–Kier alpha value is -3.37. The Morgan fingerprint density at radius 3 is 2.73 bits per heavy atom. The number of benzene rings is 1. The lowest BCUT2D eigenvalue weighted by atomic mass is 9.83. The molecule has 2 saturated heterocycles. The van der Waals surface area contributed by atoms with Crippen molar-refractivity contribution in [1.82, 2.24) is 20.3 Å². The highest BCUT2D eigenvalue weighted by Gasteiger charge is 2.37. The molecule has 4 heterocycles. The van der Waals surface area contributed by atoms with Crippen molar-refractivity contribution in [3.8, 4) is 17.3 Å². The summed E-state index contributed by atoms with van der Waals surface area (Å²) < 4.78 is 68.5. The van der Waals surface area contributed by atoms with Gasteiger partial charge in [0.15, 0.2) is 0 Å². The van der Waals surface area contributed by atoms with E-state index in [9.17, 15) is 26.9 Å². The minimum absolute atomic E-state index is 0.00621. The molecular formula is C24H26F3N7O2S. The number of fused-ring (bicyclic) bond motifs is 1. The average Bonchev–Trinajstić information content (AvgIpc) is 3.39. The van der Waals surface area contributed by atoms with Crippen LogP contribution in [-0.2, 0) is 16.2 Å². The highest BCUT2D eigenvalue weighted by atomic mass is 32.2. The van der Waals surface area contributed by atoms with Gasteiger partial charge in [-0.25, -0.2) is 18.4 Å². The van der Waals surface area contributed by atoms with Crippen LogP contribution in [0.2, 0.25) is 0 Å². The van der Waals surface area contributed by atoms with Crippen molar-refractivity contribution in [2.75, 3.05) is 35.0 Å². The Morgan fingerprint density at radius 1 is 1.30 bits per heavy atom. The monoisotopic (exact) mass is 533 g/mol.